The second-order valence-corrected chi connectivity index (χ2v) is 6.73. The number of hydrogen-bond acceptors (Lipinski definition) is 5. The lowest BCUT2D eigenvalue weighted by molar-refractivity contribution is 0.0774. The van der Waals surface area contributed by atoms with Crippen molar-refractivity contribution in [3.05, 3.63) is 23.8 Å². The topological polar surface area (TPSA) is 90.7 Å². The molecule has 1 heterocycles. The largest absolute Gasteiger partial charge is 0.497 e. The molecule has 0 amide bonds. The molecule has 1 fully saturated rings. The predicted molar refractivity (Wildman–Crippen MR) is 79.9 cm³/mol. The Labute approximate surface area is 125 Å². The van der Waals surface area contributed by atoms with Gasteiger partial charge in [0.15, 0.2) is 0 Å². The molecule has 2 rings (SSSR count). The van der Waals surface area contributed by atoms with Gasteiger partial charge in [0.2, 0.25) is 10.0 Å². The number of sulfonamides is 1. The molecule has 7 heteroatoms. The quantitative estimate of drug-likeness (QED) is 0.805. The van der Waals surface area contributed by atoms with Crippen molar-refractivity contribution in [3.63, 3.8) is 0 Å². The van der Waals surface area contributed by atoms with Crippen LogP contribution in [0.1, 0.15) is 18.4 Å². The summed E-state index contributed by atoms with van der Waals surface area (Å²) < 4.78 is 38.3. The van der Waals surface area contributed by atoms with E-state index in [-0.39, 0.29) is 10.9 Å². The Bertz CT molecular complexity index is 568. The van der Waals surface area contributed by atoms with E-state index >= 15 is 0 Å². The average molecular weight is 314 g/mol. The minimum atomic E-state index is -3.58. The second-order valence-electron chi connectivity index (χ2n) is 5.05. The van der Waals surface area contributed by atoms with Crippen molar-refractivity contribution in [1.82, 2.24) is 4.72 Å². The lowest BCUT2D eigenvalue weighted by Gasteiger charge is -2.23. The zero-order valence-corrected chi connectivity index (χ0v) is 13.0. The maximum Gasteiger partial charge on any atom is 0.241 e. The summed E-state index contributed by atoms with van der Waals surface area (Å²) in [5, 5.41) is 0. The van der Waals surface area contributed by atoms with Gasteiger partial charge in [0.05, 0.1) is 18.6 Å². The Kier molecular flexibility index (Phi) is 5.58. The van der Waals surface area contributed by atoms with Crippen molar-refractivity contribution in [1.29, 1.82) is 0 Å². The number of nitrogens with one attached hydrogen (secondary N) is 1. The fraction of sp³-hybridized carbons (Fsp3) is 0.571. The summed E-state index contributed by atoms with van der Waals surface area (Å²) in [4.78, 5) is 0.263. The van der Waals surface area contributed by atoms with E-state index in [2.05, 4.69) is 4.72 Å². The first-order chi connectivity index (χ1) is 10.1. The van der Waals surface area contributed by atoms with Crippen LogP contribution in [0.3, 0.4) is 0 Å². The predicted octanol–water partition coefficient (Wildman–Crippen LogP) is 0.654. The fourth-order valence-corrected chi connectivity index (χ4v) is 3.92. The molecule has 0 radical (unpaired) electrons. The minimum Gasteiger partial charge on any atom is -0.497 e. The molecule has 118 valence electrons. The third-order valence-corrected chi connectivity index (χ3v) is 5.07. The molecular formula is C14H22N2O4S. The molecule has 1 unspecified atom stereocenters. The van der Waals surface area contributed by atoms with E-state index in [9.17, 15) is 8.42 Å². The summed E-state index contributed by atoms with van der Waals surface area (Å²) in [7, 11) is -2.03. The highest BCUT2D eigenvalue weighted by Gasteiger charge is 2.24. The summed E-state index contributed by atoms with van der Waals surface area (Å²) in [6.45, 7) is 1.49. The molecule has 1 aliphatic heterocycles. The zero-order chi connectivity index (χ0) is 15.3. The van der Waals surface area contributed by atoms with Gasteiger partial charge in [0.1, 0.15) is 5.75 Å². The Morgan fingerprint density at radius 2 is 2.29 bits per heavy atom. The Morgan fingerprint density at radius 3 is 2.90 bits per heavy atom. The van der Waals surface area contributed by atoms with Crippen molar-refractivity contribution >= 4 is 10.0 Å². The molecule has 21 heavy (non-hydrogen) atoms. The van der Waals surface area contributed by atoms with Gasteiger partial charge in [0, 0.05) is 12.6 Å². The van der Waals surface area contributed by atoms with Gasteiger partial charge in [0.25, 0.3) is 0 Å². The zero-order valence-electron chi connectivity index (χ0n) is 12.2. The van der Waals surface area contributed by atoms with Crippen LogP contribution in [0.5, 0.6) is 5.75 Å². The minimum absolute atomic E-state index is 0.170. The van der Waals surface area contributed by atoms with Crippen LogP contribution in [0.15, 0.2) is 23.1 Å². The molecule has 0 spiro atoms. The first-order valence-electron chi connectivity index (χ1n) is 7.04. The molecule has 1 saturated heterocycles. The first-order valence-corrected chi connectivity index (χ1v) is 8.52. The maximum atomic E-state index is 12.5. The molecule has 0 bridgehead atoms. The van der Waals surface area contributed by atoms with Crippen molar-refractivity contribution in [3.8, 4) is 5.75 Å². The van der Waals surface area contributed by atoms with E-state index in [1.54, 1.807) is 25.3 Å². The maximum absolute atomic E-state index is 12.5. The standard InChI is InChI=1S/C14H22N2O4S/c1-19-13-4-5-14(11(9-13)6-7-15)21(17,18)16-12-3-2-8-20-10-12/h4-5,9,12,16H,2-3,6-8,10,15H2,1H3. The van der Waals surface area contributed by atoms with Gasteiger partial charge in [-0.25, -0.2) is 13.1 Å². The van der Waals surface area contributed by atoms with Crippen LogP contribution in [0.25, 0.3) is 0 Å². The van der Waals surface area contributed by atoms with Crippen LogP contribution in [0.2, 0.25) is 0 Å². The molecular weight excluding hydrogens is 292 g/mol. The van der Waals surface area contributed by atoms with E-state index in [4.69, 9.17) is 15.2 Å². The van der Waals surface area contributed by atoms with E-state index in [1.165, 1.54) is 0 Å². The third-order valence-electron chi connectivity index (χ3n) is 3.45. The molecule has 0 saturated carbocycles. The van der Waals surface area contributed by atoms with Gasteiger partial charge >= 0.3 is 0 Å². The number of hydrogen-bond donors (Lipinski definition) is 2. The van der Waals surface area contributed by atoms with Gasteiger partial charge in [-0.05, 0) is 49.6 Å². The van der Waals surface area contributed by atoms with Crippen molar-refractivity contribution < 1.29 is 17.9 Å². The van der Waals surface area contributed by atoms with Crippen LogP contribution in [-0.2, 0) is 21.2 Å². The number of benzene rings is 1. The second kappa shape index (κ2) is 7.22. The Hall–Kier alpha value is -1.15. The Balaban J connectivity index is 2.25. The average Bonchev–Trinajstić information content (AvgIpc) is 2.48. The van der Waals surface area contributed by atoms with Gasteiger partial charge in [-0.3, -0.25) is 0 Å². The molecule has 0 aliphatic carbocycles. The van der Waals surface area contributed by atoms with Crippen LogP contribution >= 0.6 is 0 Å². The van der Waals surface area contributed by atoms with E-state index in [0.29, 0.717) is 37.5 Å². The van der Waals surface area contributed by atoms with E-state index in [1.807, 2.05) is 0 Å². The van der Waals surface area contributed by atoms with Crippen LogP contribution in [-0.4, -0.2) is 41.3 Å². The van der Waals surface area contributed by atoms with Crippen LogP contribution in [0, 0.1) is 0 Å². The van der Waals surface area contributed by atoms with Gasteiger partial charge < -0.3 is 15.2 Å². The molecule has 1 atom stereocenters. The Morgan fingerprint density at radius 1 is 1.48 bits per heavy atom. The lowest BCUT2D eigenvalue weighted by Crippen LogP contribution is -2.40. The smallest absolute Gasteiger partial charge is 0.241 e. The summed E-state index contributed by atoms with van der Waals surface area (Å²) in [6.07, 6.45) is 2.14. The molecule has 6 nitrogen and oxygen atoms in total. The highest BCUT2D eigenvalue weighted by atomic mass is 32.2. The lowest BCUT2D eigenvalue weighted by atomic mass is 10.1. The van der Waals surface area contributed by atoms with Crippen molar-refractivity contribution in [2.75, 3.05) is 26.9 Å². The number of rotatable bonds is 6. The van der Waals surface area contributed by atoms with Crippen LogP contribution in [0.4, 0.5) is 0 Å². The van der Waals surface area contributed by atoms with E-state index in [0.717, 1.165) is 12.8 Å². The van der Waals surface area contributed by atoms with Crippen LogP contribution < -0.4 is 15.2 Å². The van der Waals surface area contributed by atoms with E-state index < -0.39 is 10.0 Å². The SMILES string of the molecule is COc1ccc(S(=O)(=O)NC2CCCOC2)c(CCN)c1. The summed E-state index contributed by atoms with van der Waals surface area (Å²) >= 11 is 0. The number of nitrogens with two attached hydrogens (primary N) is 1. The summed E-state index contributed by atoms with van der Waals surface area (Å²) in [5.74, 6) is 0.624. The monoisotopic (exact) mass is 314 g/mol. The summed E-state index contributed by atoms with van der Waals surface area (Å²) in [6, 6.07) is 4.76. The summed E-state index contributed by atoms with van der Waals surface area (Å²) in [5.41, 5.74) is 6.24. The molecule has 1 aromatic rings. The molecule has 0 aromatic heterocycles. The number of ether oxygens (including phenoxy) is 2. The normalized spacial score (nSPS) is 19.4. The highest BCUT2D eigenvalue weighted by molar-refractivity contribution is 7.89. The van der Waals surface area contributed by atoms with Crippen molar-refractivity contribution in [2.24, 2.45) is 5.73 Å². The van der Waals surface area contributed by atoms with Gasteiger partial charge in [-0.15, -0.1) is 0 Å². The first kappa shape index (κ1) is 16.2. The van der Waals surface area contributed by atoms with Gasteiger partial charge in [-0.1, -0.05) is 0 Å². The van der Waals surface area contributed by atoms with Gasteiger partial charge in [-0.2, -0.15) is 0 Å². The fourth-order valence-electron chi connectivity index (χ4n) is 2.41. The number of methoxy groups -OCH3 is 1. The highest BCUT2D eigenvalue weighted by Crippen LogP contribution is 2.23. The third kappa shape index (κ3) is 4.16. The molecule has 3 N–H and O–H groups in total. The molecule has 1 aromatic carbocycles. The van der Waals surface area contributed by atoms with Crippen molar-refractivity contribution in [2.45, 2.75) is 30.2 Å². The molecule has 1 aliphatic rings.